The van der Waals surface area contributed by atoms with Gasteiger partial charge in [-0.3, -0.25) is 5.43 Å². The number of carboxylic acids is 1. The van der Waals surface area contributed by atoms with Crippen LogP contribution in [0.1, 0.15) is 10.5 Å². The summed E-state index contributed by atoms with van der Waals surface area (Å²) >= 11 is 1.29. The van der Waals surface area contributed by atoms with E-state index in [1.165, 1.54) is 16.7 Å². The Labute approximate surface area is 90.5 Å². The maximum absolute atomic E-state index is 10.6. The smallest absolute Gasteiger partial charge is 0.355 e. The van der Waals surface area contributed by atoms with Gasteiger partial charge in [0.2, 0.25) is 0 Å². The second-order valence-corrected chi connectivity index (χ2v) is 3.91. The minimum atomic E-state index is -0.999. The first-order valence-corrected chi connectivity index (χ1v) is 5.42. The van der Waals surface area contributed by atoms with E-state index in [2.05, 4.69) is 10.4 Å². The predicted octanol–water partition coefficient (Wildman–Crippen LogP) is 0.500. The number of ether oxygens (including phenoxy) is 1. The van der Waals surface area contributed by atoms with Gasteiger partial charge in [0.25, 0.3) is 0 Å². The molecule has 7 heteroatoms. The lowest BCUT2D eigenvalue weighted by Gasteiger charge is -2.26. The number of hydrogen-bond donors (Lipinski definition) is 2. The molecule has 1 aromatic rings. The second kappa shape index (κ2) is 4.56. The molecule has 0 amide bonds. The van der Waals surface area contributed by atoms with Crippen LogP contribution < -0.4 is 5.43 Å². The Balaban J connectivity index is 1.94. The highest BCUT2D eigenvalue weighted by molar-refractivity contribution is 7.13. The summed E-state index contributed by atoms with van der Waals surface area (Å²) in [7, 11) is 0. The van der Waals surface area contributed by atoms with Gasteiger partial charge < -0.3 is 9.84 Å². The summed E-state index contributed by atoms with van der Waals surface area (Å²) in [4.78, 5) is 14.5. The topological polar surface area (TPSA) is 74.7 Å². The standard InChI is InChI=1S/C8H11N3O3S/c12-7(13)6-5-15-8(9-6)10-11-1-3-14-4-2-11/h5H,1-4H2,(H,9,10)(H,12,13). The van der Waals surface area contributed by atoms with Gasteiger partial charge in [-0.2, -0.15) is 0 Å². The Kier molecular flexibility index (Phi) is 3.14. The van der Waals surface area contributed by atoms with Crippen molar-refractivity contribution in [1.82, 2.24) is 9.99 Å². The Bertz CT molecular complexity index is 349. The van der Waals surface area contributed by atoms with E-state index in [0.29, 0.717) is 18.3 Å². The van der Waals surface area contributed by atoms with Crippen molar-refractivity contribution in [2.45, 2.75) is 0 Å². The Hall–Kier alpha value is -1.18. The van der Waals surface area contributed by atoms with Crippen molar-refractivity contribution in [2.24, 2.45) is 0 Å². The lowest BCUT2D eigenvalue weighted by Crippen LogP contribution is -2.40. The molecule has 1 aliphatic heterocycles. The number of carboxylic acid groups (broad SMARTS) is 1. The van der Waals surface area contributed by atoms with Gasteiger partial charge in [0.15, 0.2) is 10.8 Å². The zero-order valence-corrected chi connectivity index (χ0v) is 8.79. The summed E-state index contributed by atoms with van der Waals surface area (Å²) in [6, 6.07) is 0. The van der Waals surface area contributed by atoms with Crippen molar-refractivity contribution in [3.8, 4) is 0 Å². The minimum absolute atomic E-state index is 0.0794. The van der Waals surface area contributed by atoms with Crippen LogP contribution in [0.3, 0.4) is 0 Å². The SMILES string of the molecule is O=C(O)c1csc(NN2CCOCC2)n1. The summed E-state index contributed by atoms with van der Waals surface area (Å²) < 4.78 is 5.19. The van der Waals surface area contributed by atoms with Gasteiger partial charge in [-0.1, -0.05) is 0 Å². The van der Waals surface area contributed by atoms with Crippen LogP contribution in [0.5, 0.6) is 0 Å². The fourth-order valence-corrected chi connectivity index (χ4v) is 1.94. The number of carbonyl (C=O) groups is 1. The van der Waals surface area contributed by atoms with Crippen molar-refractivity contribution in [1.29, 1.82) is 0 Å². The third-order valence-corrected chi connectivity index (χ3v) is 2.74. The van der Waals surface area contributed by atoms with Gasteiger partial charge in [0.05, 0.1) is 13.2 Å². The van der Waals surface area contributed by atoms with E-state index in [1.54, 1.807) is 0 Å². The fraction of sp³-hybridized carbons (Fsp3) is 0.500. The highest BCUT2D eigenvalue weighted by atomic mass is 32.1. The Morgan fingerprint density at radius 3 is 2.93 bits per heavy atom. The van der Waals surface area contributed by atoms with E-state index >= 15 is 0 Å². The van der Waals surface area contributed by atoms with Crippen molar-refractivity contribution in [2.75, 3.05) is 31.7 Å². The molecule has 82 valence electrons. The third kappa shape index (κ3) is 2.65. The van der Waals surface area contributed by atoms with Crippen LogP contribution in [-0.4, -0.2) is 47.4 Å². The minimum Gasteiger partial charge on any atom is -0.476 e. The number of aromatic nitrogens is 1. The number of thiazole rings is 1. The van der Waals surface area contributed by atoms with Crippen molar-refractivity contribution < 1.29 is 14.6 Å². The first-order valence-electron chi connectivity index (χ1n) is 4.54. The molecular formula is C8H11N3O3S. The summed E-state index contributed by atoms with van der Waals surface area (Å²) in [5, 5.41) is 12.8. The molecule has 0 spiro atoms. The van der Waals surface area contributed by atoms with Crippen LogP contribution in [0, 0.1) is 0 Å². The molecule has 0 unspecified atom stereocenters. The number of morpholine rings is 1. The number of hydrogen-bond acceptors (Lipinski definition) is 6. The summed E-state index contributed by atoms with van der Waals surface area (Å²) in [5.41, 5.74) is 3.13. The molecule has 2 N–H and O–H groups in total. The van der Waals surface area contributed by atoms with Crippen molar-refractivity contribution >= 4 is 22.4 Å². The van der Waals surface area contributed by atoms with Crippen molar-refractivity contribution in [3.05, 3.63) is 11.1 Å². The number of nitrogens with one attached hydrogen (secondary N) is 1. The highest BCUT2D eigenvalue weighted by Crippen LogP contribution is 2.16. The highest BCUT2D eigenvalue weighted by Gasteiger charge is 2.13. The molecule has 1 aliphatic rings. The number of rotatable bonds is 3. The van der Waals surface area contributed by atoms with Gasteiger partial charge in [-0.05, 0) is 0 Å². The maximum Gasteiger partial charge on any atom is 0.355 e. The van der Waals surface area contributed by atoms with Crippen LogP contribution in [0.4, 0.5) is 5.13 Å². The first-order chi connectivity index (χ1) is 7.25. The van der Waals surface area contributed by atoms with E-state index in [0.717, 1.165) is 13.1 Å². The Morgan fingerprint density at radius 2 is 2.33 bits per heavy atom. The number of aromatic carboxylic acids is 1. The van der Waals surface area contributed by atoms with Gasteiger partial charge >= 0.3 is 5.97 Å². The summed E-state index contributed by atoms with van der Waals surface area (Å²) in [5.74, 6) is -0.999. The quantitative estimate of drug-likeness (QED) is 0.786. The lowest BCUT2D eigenvalue weighted by atomic mass is 10.5. The molecular weight excluding hydrogens is 218 g/mol. The van der Waals surface area contributed by atoms with E-state index in [1.807, 2.05) is 5.01 Å². The van der Waals surface area contributed by atoms with Crippen molar-refractivity contribution in [3.63, 3.8) is 0 Å². The molecule has 1 fully saturated rings. The normalized spacial score (nSPS) is 17.6. The van der Waals surface area contributed by atoms with E-state index in [-0.39, 0.29) is 5.69 Å². The van der Waals surface area contributed by atoms with E-state index in [4.69, 9.17) is 9.84 Å². The summed E-state index contributed by atoms with van der Waals surface area (Å²) in [6.07, 6.45) is 0. The molecule has 6 nitrogen and oxygen atoms in total. The monoisotopic (exact) mass is 229 g/mol. The largest absolute Gasteiger partial charge is 0.476 e. The van der Waals surface area contributed by atoms with Gasteiger partial charge in [0.1, 0.15) is 0 Å². The van der Waals surface area contributed by atoms with Crippen LogP contribution in [0.2, 0.25) is 0 Å². The average Bonchev–Trinajstić information content (AvgIpc) is 2.68. The van der Waals surface area contributed by atoms with Gasteiger partial charge in [-0.15, -0.1) is 11.3 Å². The molecule has 0 atom stereocenters. The molecule has 0 aromatic carbocycles. The van der Waals surface area contributed by atoms with Gasteiger partial charge in [-0.25, -0.2) is 14.8 Å². The molecule has 2 rings (SSSR count). The zero-order valence-electron chi connectivity index (χ0n) is 7.97. The Morgan fingerprint density at radius 1 is 1.60 bits per heavy atom. The number of nitrogens with zero attached hydrogens (tertiary/aromatic N) is 2. The molecule has 0 bridgehead atoms. The molecule has 0 aliphatic carbocycles. The maximum atomic E-state index is 10.6. The van der Waals surface area contributed by atoms with E-state index in [9.17, 15) is 4.79 Å². The lowest BCUT2D eigenvalue weighted by molar-refractivity contribution is 0.0496. The molecule has 2 heterocycles. The second-order valence-electron chi connectivity index (χ2n) is 3.05. The molecule has 15 heavy (non-hydrogen) atoms. The molecule has 1 saturated heterocycles. The van der Waals surface area contributed by atoms with Crippen LogP contribution in [0.15, 0.2) is 5.38 Å². The van der Waals surface area contributed by atoms with E-state index < -0.39 is 5.97 Å². The number of hydrazine groups is 1. The van der Waals surface area contributed by atoms with Crippen LogP contribution >= 0.6 is 11.3 Å². The predicted molar refractivity (Wildman–Crippen MR) is 55.1 cm³/mol. The molecule has 0 saturated carbocycles. The zero-order chi connectivity index (χ0) is 10.7. The number of anilines is 1. The van der Waals surface area contributed by atoms with Crippen LogP contribution in [-0.2, 0) is 4.74 Å². The van der Waals surface area contributed by atoms with Crippen LogP contribution in [0.25, 0.3) is 0 Å². The average molecular weight is 229 g/mol. The fourth-order valence-electron chi connectivity index (χ4n) is 1.23. The first kappa shape index (κ1) is 10.3. The molecule has 0 radical (unpaired) electrons. The summed E-state index contributed by atoms with van der Waals surface area (Å²) in [6.45, 7) is 2.93. The third-order valence-electron chi connectivity index (χ3n) is 1.99. The molecule has 1 aromatic heterocycles. The van der Waals surface area contributed by atoms with Gasteiger partial charge in [0, 0.05) is 18.5 Å².